The molecular weight excluding hydrogens is 276 g/mol. The summed E-state index contributed by atoms with van der Waals surface area (Å²) < 4.78 is 5.34. The summed E-state index contributed by atoms with van der Waals surface area (Å²) in [6, 6.07) is 7.37. The molecule has 0 saturated carbocycles. The van der Waals surface area contributed by atoms with E-state index in [2.05, 4.69) is 5.32 Å². The van der Waals surface area contributed by atoms with Crippen LogP contribution in [0.3, 0.4) is 0 Å². The molecule has 1 aromatic heterocycles. The number of carbonyl (C=O) groups excluding carboxylic acids is 2. The second-order valence-electron chi connectivity index (χ2n) is 4.52. The van der Waals surface area contributed by atoms with Crippen molar-refractivity contribution in [3.05, 3.63) is 36.1 Å². The van der Waals surface area contributed by atoms with E-state index in [1.807, 2.05) is 0 Å². The molecule has 1 aromatic carbocycles. The Morgan fingerprint density at radius 2 is 2.00 bits per heavy atom. The van der Waals surface area contributed by atoms with Crippen molar-refractivity contribution in [1.29, 1.82) is 0 Å². The van der Waals surface area contributed by atoms with Gasteiger partial charge < -0.3 is 20.6 Å². The molecule has 2 amide bonds. The average molecular weight is 290 g/mol. The van der Waals surface area contributed by atoms with Crippen LogP contribution in [-0.2, 0) is 9.59 Å². The first kappa shape index (κ1) is 14.6. The van der Waals surface area contributed by atoms with Crippen molar-refractivity contribution in [2.75, 3.05) is 0 Å². The monoisotopic (exact) mass is 290 g/mol. The lowest BCUT2D eigenvalue weighted by atomic mass is 10.1. The first-order valence-corrected chi connectivity index (χ1v) is 6.28. The SMILES string of the molecule is NC(=O)CC[C@@H](NC(=O)c1cc2ccccc2o1)C(=O)O. The molecule has 0 aliphatic heterocycles. The summed E-state index contributed by atoms with van der Waals surface area (Å²) >= 11 is 0. The lowest BCUT2D eigenvalue weighted by Gasteiger charge is -2.12. The Hall–Kier alpha value is -2.83. The standard InChI is InChI=1S/C14H14N2O5/c15-12(17)6-5-9(14(19)20)16-13(18)11-7-8-3-1-2-4-10(8)21-11/h1-4,7,9H,5-6H2,(H2,15,17)(H,16,18)(H,19,20)/t9-/m1/s1. The number of hydrogen-bond donors (Lipinski definition) is 3. The van der Waals surface area contributed by atoms with E-state index in [-0.39, 0.29) is 18.6 Å². The van der Waals surface area contributed by atoms with E-state index < -0.39 is 23.8 Å². The van der Waals surface area contributed by atoms with Crippen molar-refractivity contribution >= 4 is 28.8 Å². The fraction of sp³-hybridized carbons (Fsp3) is 0.214. The van der Waals surface area contributed by atoms with Gasteiger partial charge in [-0.2, -0.15) is 0 Å². The number of primary amides is 1. The maximum absolute atomic E-state index is 12.0. The maximum atomic E-state index is 12.0. The smallest absolute Gasteiger partial charge is 0.326 e. The molecule has 110 valence electrons. The zero-order valence-corrected chi connectivity index (χ0v) is 11.0. The van der Waals surface area contributed by atoms with Gasteiger partial charge in [0, 0.05) is 11.8 Å². The highest BCUT2D eigenvalue weighted by atomic mass is 16.4. The van der Waals surface area contributed by atoms with E-state index >= 15 is 0 Å². The highest BCUT2D eigenvalue weighted by molar-refractivity contribution is 5.98. The molecule has 1 atom stereocenters. The number of aliphatic carboxylic acids is 1. The molecule has 0 fully saturated rings. The topological polar surface area (TPSA) is 123 Å². The van der Waals surface area contributed by atoms with Crippen LogP contribution in [0.2, 0.25) is 0 Å². The van der Waals surface area contributed by atoms with Crippen LogP contribution in [0.15, 0.2) is 34.7 Å². The van der Waals surface area contributed by atoms with Crippen LogP contribution in [0.5, 0.6) is 0 Å². The second-order valence-corrected chi connectivity index (χ2v) is 4.52. The van der Waals surface area contributed by atoms with E-state index in [0.717, 1.165) is 5.39 Å². The molecular formula is C14H14N2O5. The number of nitrogens with two attached hydrogens (primary N) is 1. The molecule has 1 heterocycles. The Morgan fingerprint density at radius 3 is 2.62 bits per heavy atom. The van der Waals surface area contributed by atoms with Gasteiger partial charge in [-0.05, 0) is 18.6 Å². The number of amides is 2. The van der Waals surface area contributed by atoms with Gasteiger partial charge in [0.2, 0.25) is 5.91 Å². The second kappa shape index (κ2) is 6.08. The summed E-state index contributed by atoms with van der Waals surface area (Å²) in [6.07, 6.45) is -0.200. The van der Waals surface area contributed by atoms with Crippen LogP contribution < -0.4 is 11.1 Å². The van der Waals surface area contributed by atoms with E-state index in [1.165, 1.54) is 6.07 Å². The minimum Gasteiger partial charge on any atom is -0.480 e. The van der Waals surface area contributed by atoms with E-state index in [4.69, 9.17) is 15.3 Å². The van der Waals surface area contributed by atoms with Crippen molar-refractivity contribution in [3.8, 4) is 0 Å². The summed E-state index contributed by atoms with van der Waals surface area (Å²) in [5, 5.41) is 12.1. The quantitative estimate of drug-likeness (QED) is 0.728. The largest absolute Gasteiger partial charge is 0.480 e. The van der Waals surface area contributed by atoms with Crippen LogP contribution in [0, 0.1) is 0 Å². The molecule has 0 bridgehead atoms. The molecule has 2 aromatic rings. The normalized spacial score (nSPS) is 12.0. The summed E-state index contributed by atoms with van der Waals surface area (Å²) in [5.74, 6) is -2.50. The lowest BCUT2D eigenvalue weighted by molar-refractivity contribution is -0.139. The van der Waals surface area contributed by atoms with Gasteiger partial charge in [-0.3, -0.25) is 9.59 Å². The summed E-state index contributed by atoms with van der Waals surface area (Å²) in [6.45, 7) is 0. The predicted octanol–water partition coefficient (Wildman–Crippen LogP) is 0.881. The number of furan rings is 1. The number of carbonyl (C=O) groups is 3. The summed E-state index contributed by atoms with van der Waals surface area (Å²) in [4.78, 5) is 33.7. The summed E-state index contributed by atoms with van der Waals surface area (Å²) in [7, 11) is 0. The predicted molar refractivity (Wildman–Crippen MR) is 73.5 cm³/mol. The molecule has 0 aliphatic carbocycles. The lowest BCUT2D eigenvalue weighted by Crippen LogP contribution is -2.41. The minimum atomic E-state index is -1.24. The molecule has 0 aliphatic rings. The zero-order chi connectivity index (χ0) is 15.4. The van der Waals surface area contributed by atoms with Crippen LogP contribution in [0.25, 0.3) is 11.0 Å². The highest BCUT2D eigenvalue weighted by Gasteiger charge is 2.22. The molecule has 2 rings (SSSR count). The third-order valence-electron chi connectivity index (χ3n) is 2.93. The van der Waals surface area contributed by atoms with Crippen LogP contribution in [-0.4, -0.2) is 28.9 Å². The molecule has 0 spiro atoms. The van der Waals surface area contributed by atoms with E-state index in [9.17, 15) is 14.4 Å². The van der Waals surface area contributed by atoms with E-state index in [1.54, 1.807) is 24.3 Å². The first-order chi connectivity index (χ1) is 9.97. The van der Waals surface area contributed by atoms with Crippen molar-refractivity contribution in [2.24, 2.45) is 5.73 Å². The fourth-order valence-corrected chi connectivity index (χ4v) is 1.87. The minimum absolute atomic E-state index is 0.0153. The number of hydrogen-bond acceptors (Lipinski definition) is 4. The fourth-order valence-electron chi connectivity index (χ4n) is 1.87. The Labute approximate surface area is 119 Å². The molecule has 0 saturated heterocycles. The maximum Gasteiger partial charge on any atom is 0.326 e. The van der Waals surface area contributed by atoms with E-state index in [0.29, 0.717) is 5.58 Å². The first-order valence-electron chi connectivity index (χ1n) is 6.28. The number of benzene rings is 1. The third kappa shape index (κ3) is 3.59. The van der Waals surface area contributed by atoms with Crippen LogP contribution in [0.1, 0.15) is 23.4 Å². The molecule has 0 unspecified atom stereocenters. The van der Waals surface area contributed by atoms with Gasteiger partial charge in [0.1, 0.15) is 11.6 Å². The Balaban J connectivity index is 2.10. The van der Waals surface area contributed by atoms with Gasteiger partial charge in [-0.15, -0.1) is 0 Å². The van der Waals surface area contributed by atoms with Gasteiger partial charge in [0.05, 0.1) is 0 Å². The molecule has 7 heteroatoms. The third-order valence-corrected chi connectivity index (χ3v) is 2.93. The molecule has 21 heavy (non-hydrogen) atoms. The van der Waals surface area contributed by atoms with Gasteiger partial charge in [0.15, 0.2) is 5.76 Å². The Morgan fingerprint density at radius 1 is 1.29 bits per heavy atom. The number of para-hydroxylation sites is 1. The van der Waals surface area contributed by atoms with Crippen molar-refractivity contribution in [2.45, 2.75) is 18.9 Å². The van der Waals surface area contributed by atoms with Gasteiger partial charge in [-0.1, -0.05) is 18.2 Å². The van der Waals surface area contributed by atoms with Gasteiger partial charge in [0.25, 0.3) is 5.91 Å². The summed E-state index contributed by atoms with van der Waals surface area (Å²) in [5.41, 5.74) is 5.50. The number of nitrogens with one attached hydrogen (secondary N) is 1. The van der Waals surface area contributed by atoms with Crippen LogP contribution >= 0.6 is 0 Å². The number of rotatable bonds is 6. The Kier molecular flexibility index (Phi) is 4.22. The molecule has 4 N–H and O–H groups in total. The highest BCUT2D eigenvalue weighted by Crippen LogP contribution is 2.18. The van der Waals surface area contributed by atoms with Gasteiger partial charge >= 0.3 is 5.97 Å². The average Bonchev–Trinajstić information content (AvgIpc) is 2.86. The number of carboxylic acids is 1. The van der Waals surface area contributed by atoms with Gasteiger partial charge in [-0.25, -0.2) is 4.79 Å². The molecule has 0 radical (unpaired) electrons. The molecule has 7 nitrogen and oxygen atoms in total. The zero-order valence-electron chi connectivity index (χ0n) is 11.0. The van der Waals surface area contributed by atoms with Crippen molar-refractivity contribution in [3.63, 3.8) is 0 Å². The van der Waals surface area contributed by atoms with Crippen LogP contribution in [0.4, 0.5) is 0 Å². The van der Waals surface area contributed by atoms with Crippen molar-refractivity contribution < 1.29 is 23.9 Å². The number of carboxylic acid groups (broad SMARTS) is 1. The number of fused-ring (bicyclic) bond motifs is 1. The Bertz CT molecular complexity index is 658. The van der Waals surface area contributed by atoms with Crippen molar-refractivity contribution in [1.82, 2.24) is 5.32 Å².